The lowest BCUT2D eigenvalue weighted by Gasteiger charge is -2.06. The second-order valence-corrected chi connectivity index (χ2v) is 6.12. The van der Waals surface area contributed by atoms with Crippen LogP contribution in [0, 0.1) is 11.6 Å². The average Bonchev–Trinajstić information content (AvgIpc) is 2.88. The number of nitrogens with one attached hydrogen (secondary N) is 1. The van der Waals surface area contributed by atoms with Gasteiger partial charge in [-0.05, 0) is 24.6 Å². The van der Waals surface area contributed by atoms with Crippen molar-refractivity contribution in [2.24, 2.45) is 7.05 Å². The fourth-order valence-electron chi connectivity index (χ4n) is 2.05. The van der Waals surface area contributed by atoms with Gasteiger partial charge >= 0.3 is 0 Å². The summed E-state index contributed by atoms with van der Waals surface area (Å²) in [6.45, 7) is 2.05. The van der Waals surface area contributed by atoms with Crippen LogP contribution in [0.3, 0.4) is 0 Å². The average molecular weight is 361 g/mol. The third-order valence-corrected chi connectivity index (χ3v) is 4.27. The van der Waals surface area contributed by atoms with E-state index in [1.165, 1.54) is 5.56 Å². The molecule has 3 rings (SSSR count). The summed E-state index contributed by atoms with van der Waals surface area (Å²) in [7, 11) is 1.89. The zero-order chi connectivity index (χ0) is 15.0. The van der Waals surface area contributed by atoms with Crippen molar-refractivity contribution in [3.63, 3.8) is 0 Å². The molecule has 6 heteroatoms. The number of aromatic nitrogens is 4. The summed E-state index contributed by atoms with van der Waals surface area (Å²) in [6, 6.07) is 7.96. The molecule has 0 bridgehead atoms. The van der Waals surface area contributed by atoms with E-state index in [9.17, 15) is 0 Å². The first-order chi connectivity index (χ1) is 10.0. The van der Waals surface area contributed by atoms with Crippen LogP contribution in [0.5, 0.6) is 0 Å². The van der Waals surface area contributed by atoms with Crippen molar-refractivity contribution >= 4 is 28.1 Å². The van der Waals surface area contributed by atoms with Crippen molar-refractivity contribution in [2.75, 3.05) is 0 Å². The number of aryl methyl sites for hydroxylation is 2. The molecule has 0 radical (unpaired) electrons. The maximum absolute atomic E-state index is 5.28. The first kappa shape index (κ1) is 14.2. The first-order valence-electron chi connectivity index (χ1n) is 6.40. The molecule has 3 aromatic rings. The molecular weight excluding hydrogens is 348 g/mol. The maximum atomic E-state index is 5.28. The van der Waals surface area contributed by atoms with Gasteiger partial charge in [0.2, 0.25) is 0 Å². The van der Waals surface area contributed by atoms with Crippen LogP contribution in [0.1, 0.15) is 5.56 Å². The third-order valence-electron chi connectivity index (χ3n) is 3.20. The molecule has 0 saturated heterocycles. The van der Waals surface area contributed by atoms with E-state index in [1.54, 1.807) is 10.9 Å². The number of H-pyrrole nitrogens is 1. The fraction of sp³-hybridized carbons (Fsp3) is 0.133. The van der Waals surface area contributed by atoms with Crippen molar-refractivity contribution in [3.05, 3.63) is 51.3 Å². The van der Waals surface area contributed by atoms with Crippen LogP contribution in [0.4, 0.5) is 0 Å². The monoisotopic (exact) mass is 360 g/mol. The predicted octanol–water partition coefficient (Wildman–Crippen LogP) is 4.28. The number of aromatic amines is 1. The number of halogens is 1. The van der Waals surface area contributed by atoms with Gasteiger partial charge in [0.25, 0.3) is 0 Å². The van der Waals surface area contributed by atoms with Crippen LogP contribution >= 0.6 is 28.1 Å². The smallest absolute Gasteiger partial charge is 0.139 e. The van der Waals surface area contributed by atoms with Crippen LogP contribution in [0.15, 0.2) is 41.1 Å². The van der Waals surface area contributed by atoms with Crippen LogP contribution in [-0.2, 0) is 7.05 Å². The number of hydrogen-bond donors (Lipinski definition) is 1. The summed E-state index contributed by atoms with van der Waals surface area (Å²) in [4.78, 5) is 7.74. The molecule has 0 fully saturated rings. The molecule has 0 aliphatic rings. The summed E-state index contributed by atoms with van der Waals surface area (Å²) in [6.07, 6.45) is 3.74. The van der Waals surface area contributed by atoms with E-state index >= 15 is 0 Å². The van der Waals surface area contributed by atoms with Gasteiger partial charge in [0.1, 0.15) is 10.5 Å². The molecular formula is C15H13BrN4S. The summed E-state index contributed by atoms with van der Waals surface area (Å²) >= 11 is 8.83. The van der Waals surface area contributed by atoms with Crippen LogP contribution < -0.4 is 0 Å². The lowest BCUT2D eigenvalue weighted by molar-refractivity contribution is 0.768. The van der Waals surface area contributed by atoms with Gasteiger partial charge < -0.3 is 4.98 Å². The molecule has 0 amide bonds. The van der Waals surface area contributed by atoms with Crippen molar-refractivity contribution < 1.29 is 0 Å². The van der Waals surface area contributed by atoms with Gasteiger partial charge in [0.05, 0.1) is 11.9 Å². The fourth-order valence-corrected chi connectivity index (χ4v) is 2.64. The number of rotatable bonds is 2. The zero-order valence-electron chi connectivity index (χ0n) is 11.6. The Morgan fingerprint density at radius 1 is 1.24 bits per heavy atom. The highest BCUT2D eigenvalue weighted by Crippen LogP contribution is 2.25. The summed E-state index contributed by atoms with van der Waals surface area (Å²) in [5.74, 6) is 0.752. The topological polar surface area (TPSA) is 46.5 Å². The minimum absolute atomic E-state index is 0.555. The van der Waals surface area contributed by atoms with Crippen LogP contribution in [0.2, 0.25) is 0 Å². The Hall–Kier alpha value is -1.79. The van der Waals surface area contributed by atoms with Gasteiger partial charge in [-0.1, -0.05) is 40.3 Å². The molecule has 4 nitrogen and oxygen atoms in total. The van der Waals surface area contributed by atoms with Gasteiger partial charge in [-0.25, -0.2) is 4.98 Å². The molecule has 0 spiro atoms. The standard InChI is InChI=1S/C15H13BrN4S/c1-9-3-4-10(5-12(9)16)15-18-13(6-14(21)19-15)11-7-17-20(2)8-11/h3-8H,1-2H3,(H,18,19,21). The highest BCUT2D eigenvalue weighted by Gasteiger charge is 2.07. The minimum Gasteiger partial charge on any atom is -0.339 e. The van der Waals surface area contributed by atoms with Gasteiger partial charge in [-0.3, -0.25) is 4.68 Å². The highest BCUT2D eigenvalue weighted by atomic mass is 79.9. The van der Waals surface area contributed by atoms with Gasteiger partial charge in [0, 0.05) is 28.8 Å². The molecule has 0 atom stereocenters. The molecule has 0 aliphatic carbocycles. The van der Waals surface area contributed by atoms with E-state index in [0.717, 1.165) is 27.1 Å². The highest BCUT2D eigenvalue weighted by molar-refractivity contribution is 9.10. The molecule has 21 heavy (non-hydrogen) atoms. The van der Waals surface area contributed by atoms with E-state index in [2.05, 4.69) is 44.0 Å². The predicted molar refractivity (Wildman–Crippen MR) is 89.5 cm³/mol. The second-order valence-electron chi connectivity index (χ2n) is 4.85. The molecule has 2 heterocycles. The number of hydrogen-bond acceptors (Lipinski definition) is 3. The molecule has 2 aromatic heterocycles. The lowest BCUT2D eigenvalue weighted by Crippen LogP contribution is -1.93. The van der Waals surface area contributed by atoms with Crippen LogP contribution in [0.25, 0.3) is 22.6 Å². The van der Waals surface area contributed by atoms with Gasteiger partial charge in [-0.2, -0.15) is 5.10 Å². The Morgan fingerprint density at radius 2 is 2.05 bits per heavy atom. The lowest BCUT2D eigenvalue weighted by atomic mass is 10.1. The number of benzene rings is 1. The first-order valence-corrected chi connectivity index (χ1v) is 7.60. The van der Waals surface area contributed by atoms with E-state index in [-0.39, 0.29) is 0 Å². The Morgan fingerprint density at radius 3 is 2.71 bits per heavy atom. The SMILES string of the molecule is Cc1ccc(-c2nc(=S)cc(-c3cnn(C)c3)[nH]2)cc1Br. The Labute approximate surface area is 136 Å². The van der Waals surface area contributed by atoms with Gasteiger partial charge in [-0.15, -0.1) is 0 Å². The van der Waals surface area contributed by atoms with E-state index in [1.807, 2.05) is 31.4 Å². The Kier molecular flexibility index (Phi) is 3.73. The van der Waals surface area contributed by atoms with Crippen molar-refractivity contribution in [2.45, 2.75) is 6.92 Å². The second kappa shape index (κ2) is 5.54. The summed E-state index contributed by atoms with van der Waals surface area (Å²) < 4.78 is 3.36. The molecule has 0 aliphatic heterocycles. The van der Waals surface area contributed by atoms with Crippen LogP contribution in [-0.4, -0.2) is 19.7 Å². The quantitative estimate of drug-likeness (QED) is 0.693. The maximum Gasteiger partial charge on any atom is 0.139 e. The van der Waals surface area contributed by atoms with Gasteiger partial charge in [0.15, 0.2) is 0 Å². The third kappa shape index (κ3) is 2.96. The van der Waals surface area contributed by atoms with E-state index < -0.39 is 0 Å². The summed E-state index contributed by atoms with van der Waals surface area (Å²) in [5.41, 5.74) is 4.07. The van der Waals surface area contributed by atoms with E-state index in [4.69, 9.17) is 12.2 Å². The van der Waals surface area contributed by atoms with E-state index in [0.29, 0.717) is 4.64 Å². The molecule has 0 saturated carbocycles. The number of nitrogens with zero attached hydrogens (tertiary/aromatic N) is 3. The van der Waals surface area contributed by atoms with Crippen molar-refractivity contribution in [1.82, 2.24) is 19.7 Å². The zero-order valence-corrected chi connectivity index (χ0v) is 14.0. The molecule has 0 unspecified atom stereocenters. The summed E-state index contributed by atoms with van der Waals surface area (Å²) in [5, 5.41) is 4.19. The largest absolute Gasteiger partial charge is 0.339 e. The Balaban J connectivity index is 2.13. The minimum atomic E-state index is 0.555. The molecule has 1 aromatic carbocycles. The Bertz CT molecular complexity index is 866. The normalized spacial score (nSPS) is 10.8. The van der Waals surface area contributed by atoms with Crippen molar-refractivity contribution in [1.29, 1.82) is 0 Å². The molecule has 1 N–H and O–H groups in total. The van der Waals surface area contributed by atoms with Crippen molar-refractivity contribution in [3.8, 4) is 22.6 Å². The molecule has 106 valence electrons.